The molecule has 17 heavy (non-hydrogen) atoms. The van der Waals surface area contributed by atoms with Crippen LogP contribution in [0.2, 0.25) is 0 Å². The lowest BCUT2D eigenvalue weighted by Crippen LogP contribution is -2.07. The lowest BCUT2D eigenvalue weighted by molar-refractivity contribution is 0.140. The molecule has 0 aromatic heterocycles. The second-order valence-electron chi connectivity index (χ2n) is 3.34. The first-order valence-corrected chi connectivity index (χ1v) is 5.46. The van der Waals surface area contributed by atoms with Gasteiger partial charge in [0.25, 0.3) is 0 Å². The summed E-state index contributed by atoms with van der Waals surface area (Å²) in [5, 5.41) is 0. The van der Waals surface area contributed by atoms with E-state index in [1.54, 1.807) is 14.2 Å². The van der Waals surface area contributed by atoms with Gasteiger partial charge in [-0.2, -0.15) is 0 Å². The second-order valence-corrected chi connectivity index (χ2v) is 3.34. The van der Waals surface area contributed by atoms with E-state index in [0.717, 1.165) is 5.56 Å². The highest BCUT2D eigenvalue weighted by Crippen LogP contribution is 2.40. The molecule has 1 aromatic carbocycles. The molecule has 0 aliphatic heterocycles. The van der Waals surface area contributed by atoms with Crippen molar-refractivity contribution in [3.63, 3.8) is 0 Å². The fourth-order valence-corrected chi connectivity index (χ4v) is 1.61. The Labute approximate surface area is 101 Å². The molecule has 0 atom stereocenters. The molecule has 0 aliphatic carbocycles. The summed E-state index contributed by atoms with van der Waals surface area (Å²) in [6, 6.07) is 3.76. The van der Waals surface area contributed by atoms with Crippen molar-refractivity contribution in [2.75, 3.05) is 27.4 Å². The van der Waals surface area contributed by atoms with Crippen molar-refractivity contribution < 1.29 is 19.0 Å². The van der Waals surface area contributed by atoms with Crippen LogP contribution in [0.25, 0.3) is 0 Å². The Balaban J connectivity index is 3.11. The van der Waals surface area contributed by atoms with Gasteiger partial charge in [0.15, 0.2) is 11.5 Å². The SMILES string of the molecule is CCOc1c(CCON)ccc(OC)c1OC. The van der Waals surface area contributed by atoms with Crippen LogP contribution in [0.5, 0.6) is 17.2 Å². The number of methoxy groups -OCH3 is 2. The van der Waals surface area contributed by atoms with Crippen LogP contribution in [0.4, 0.5) is 0 Å². The summed E-state index contributed by atoms with van der Waals surface area (Å²) in [6.45, 7) is 2.90. The fourth-order valence-electron chi connectivity index (χ4n) is 1.61. The molecule has 5 nitrogen and oxygen atoms in total. The first-order chi connectivity index (χ1) is 8.28. The van der Waals surface area contributed by atoms with Crippen LogP contribution in [-0.4, -0.2) is 27.4 Å². The lowest BCUT2D eigenvalue weighted by Gasteiger charge is -2.16. The zero-order chi connectivity index (χ0) is 12.7. The van der Waals surface area contributed by atoms with Crippen LogP contribution in [0, 0.1) is 0 Å². The summed E-state index contributed by atoms with van der Waals surface area (Å²) in [5.41, 5.74) is 0.981. The van der Waals surface area contributed by atoms with Crippen LogP contribution in [0.15, 0.2) is 12.1 Å². The highest BCUT2D eigenvalue weighted by atomic mass is 16.6. The van der Waals surface area contributed by atoms with E-state index in [2.05, 4.69) is 4.84 Å². The summed E-state index contributed by atoms with van der Waals surface area (Å²) >= 11 is 0. The van der Waals surface area contributed by atoms with Gasteiger partial charge in [0.2, 0.25) is 5.75 Å². The van der Waals surface area contributed by atoms with Gasteiger partial charge in [-0.3, -0.25) is 0 Å². The van der Waals surface area contributed by atoms with Crippen molar-refractivity contribution in [1.29, 1.82) is 0 Å². The van der Waals surface area contributed by atoms with Gasteiger partial charge >= 0.3 is 0 Å². The number of rotatable bonds is 7. The van der Waals surface area contributed by atoms with Gasteiger partial charge in [-0.15, -0.1) is 0 Å². The van der Waals surface area contributed by atoms with Gasteiger partial charge in [0.05, 0.1) is 27.4 Å². The summed E-state index contributed by atoms with van der Waals surface area (Å²) in [7, 11) is 3.18. The summed E-state index contributed by atoms with van der Waals surface area (Å²) in [5.74, 6) is 6.96. The van der Waals surface area contributed by atoms with E-state index < -0.39 is 0 Å². The van der Waals surface area contributed by atoms with Crippen molar-refractivity contribution in [3.05, 3.63) is 17.7 Å². The van der Waals surface area contributed by atoms with Crippen molar-refractivity contribution in [2.45, 2.75) is 13.3 Å². The zero-order valence-corrected chi connectivity index (χ0v) is 10.5. The Kier molecular flexibility index (Phi) is 5.59. The third kappa shape index (κ3) is 3.25. The lowest BCUT2D eigenvalue weighted by atomic mass is 10.1. The molecule has 0 saturated heterocycles. The standard InChI is InChI=1S/C12H19NO4/c1-4-16-11-9(7-8-17-13)5-6-10(14-2)12(11)15-3/h5-6H,4,7-8,13H2,1-3H3. The molecule has 1 aromatic rings. The Morgan fingerprint density at radius 2 is 1.88 bits per heavy atom. The molecule has 5 heteroatoms. The minimum atomic E-state index is 0.426. The van der Waals surface area contributed by atoms with E-state index >= 15 is 0 Å². The molecule has 96 valence electrons. The van der Waals surface area contributed by atoms with Gasteiger partial charge < -0.3 is 19.0 Å². The van der Waals surface area contributed by atoms with Gasteiger partial charge in [-0.25, -0.2) is 5.90 Å². The first-order valence-electron chi connectivity index (χ1n) is 5.46. The molecule has 0 spiro atoms. The van der Waals surface area contributed by atoms with Gasteiger partial charge in [0.1, 0.15) is 0 Å². The van der Waals surface area contributed by atoms with E-state index in [-0.39, 0.29) is 0 Å². The molecular weight excluding hydrogens is 222 g/mol. The highest BCUT2D eigenvalue weighted by Gasteiger charge is 2.15. The number of hydrogen-bond acceptors (Lipinski definition) is 5. The van der Waals surface area contributed by atoms with E-state index in [9.17, 15) is 0 Å². The second kappa shape index (κ2) is 6.98. The minimum absolute atomic E-state index is 0.426. The van der Waals surface area contributed by atoms with Gasteiger partial charge in [-0.1, -0.05) is 6.07 Å². The maximum Gasteiger partial charge on any atom is 0.203 e. The van der Waals surface area contributed by atoms with Crippen LogP contribution >= 0.6 is 0 Å². The Bertz CT molecular complexity index is 355. The number of hydrogen-bond donors (Lipinski definition) is 1. The first kappa shape index (κ1) is 13.6. The molecule has 0 fully saturated rings. The Morgan fingerprint density at radius 3 is 2.41 bits per heavy atom. The third-order valence-electron chi connectivity index (χ3n) is 2.36. The van der Waals surface area contributed by atoms with Crippen molar-refractivity contribution in [2.24, 2.45) is 5.90 Å². The summed E-state index contributed by atoms with van der Waals surface area (Å²) < 4.78 is 16.1. The number of benzene rings is 1. The molecule has 0 amide bonds. The number of nitrogens with two attached hydrogens (primary N) is 1. The summed E-state index contributed by atoms with van der Waals surface area (Å²) in [4.78, 5) is 4.58. The maximum absolute atomic E-state index is 5.60. The van der Waals surface area contributed by atoms with Crippen LogP contribution in [0.3, 0.4) is 0 Å². The van der Waals surface area contributed by atoms with Gasteiger partial charge in [0, 0.05) is 12.0 Å². The predicted molar refractivity (Wildman–Crippen MR) is 64.6 cm³/mol. The monoisotopic (exact) mass is 241 g/mol. The molecule has 0 saturated carbocycles. The molecule has 2 N–H and O–H groups in total. The van der Waals surface area contributed by atoms with Crippen molar-refractivity contribution >= 4 is 0 Å². The molecule has 1 rings (SSSR count). The molecule has 0 aliphatic rings. The van der Waals surface area contributed by atoms with Crippen LogP contribution in [0.1, 0.15) is 12.5 Å². The number of ether oxygens (including phenoxy) is 3. The average molecular weight is 241 g/mol. The van der Waals surface area contributed by atoms with Crippen molar-refractivity contribution in [3.8, 4) is 17.2 Å². The zero-order valence-electron chi connectivity index (χ0n) is 10.5. The highest BCUT2D eigenvalue weighted by molar-refractivity contribution is 5.55. The maximum atomic E-state index is 5.60. The average Bonchev–Trinajstić information content (AvgIpc) is 2.37. The summed E-state index contributed by atoms with van der Waals surface area (Å²) in [6.07, 6.45) is 0.659. The van der Waals surface area contributed by atoms with Crippen molar-refractivity contribution in [1.82, 2.24) is 0 Å². The normalized spacial score (nSPS) is 10.1. The van der Waals surface area contributed by atoms with E-state index in [1.807, 2.05) is 19.1 Å². The van der Waals surface area contributed by atoms with E-state index in [0.29, 0.717) is 36.9 Å². The van der Waals surface area contributed by atoms with Gasteiger partial charge in [-0.05, 0) is 13.0 Å². The fraction of sp³-hybridized carbons (Fsp3) is 0.500. The van der Waals surface area contributed by atoms with Crippen LogP contribution in [-0.2, 0) is 11.3 Å². The van der Waals surface area contributed by atoms with Crippen LogP contribution < -0.4 is 20.1 Å². The molecule has 0 heterocycles. The molecular formula is C12H19NO4. The third-order valence-corrected chi connectivity index (χ3v) is 2.36. The molecule has 0 bridgehead atoms. The largest absolute Gasteiger partial charge is 0.493 e. The molecule has 0 unspecified atom stereocenters. The van der Waals surface area contributed by atoms with E-state index in [1.165, 1.54) is 0 Å². The minimum Gasteiger partial charge on any atom is -0.493 e. The smallest absolute Gasteiger partial charge is 0.203 e. The predicted octanol–water partition coefficient (Wildman–Crippen LogP) is 1.54. The molecule has 0 radical (unpaired) electrons. The quantitative estimate of drug-likeness (QED) is 0.733. The topological polar surface area (TPSA) is 62.9 Å². The van der Waals surface area contributed by atoms with E-state index in [4.69, 9.17) is 20.1 Å². The Hall–Kier alpha value is -1.46. The Morgan fingerprint density at radius 1 is 1.12 bits per heavy atom.